The summed E-state index contributed by atoms with van der Waals surface area (Å²) in [5.74, 6) is -2.17. The first-order valence-corrected chi connectivity index (χ1v) is 5.96. The van der Waals surface area contributed by atoms with E-state index in [0.717, 1.165) is 18.2 Å². The summed E-state index contributed by atoms with van der Waals surface area (Å²) in [6, 6.07) is 3.83. The average molecular weight is 482 g/mol. The van der Waals surface area contributed by atoms with E-state index in [9.17, 15) is 27.6 Å². The average Bonchev–Trinajstić information content (AvgIpc) is 2.41. The Labute approximate surface area is 137 Å². The van der Waals surface area contributed by atoms with E-state index in [1.165, 1.54) is 0 Å². The minimum absolute atomic E-state index is 0. The zero-order valence-electron chi connectivity index (χ0n) is 10.9. The Balaban J connectivity index is 0.00000242. The van der Waals surface area contributed by atoms with Gasteiger partial charge in [-0.3, -0.25) is 14.9 Å². The van der Waals surface area contributed by atoms with Crippen molar-refractivity contribution in [3.63, 3.8) is 0 Å². The number of amides is 3. The molecule has 0 spiro atoms. The molecule has 1 aromatic carbocycles. The van der Waals surface area contributed by atoms with Gasteiger partial charge < -0.3 is 10.1 Å². The van der Waals surface area contributed by atoms with Crippen molar-refractivity contribution < 1.29 is 48.6 Å². The molecule has 9 heteroatoms. The zero-order chi connectivity index (χ0) is 15.6. The van der Waals surface area contributed by atoms with E-state index in [4.69, 9.17) is 0 Å². The second kappa shape index (κ2) is 7.05. The van der Waals surface area contributed by atoms with Gasteiger partial charge in [-0.05, 0) is 23.9 Å². The molecular formula is C13H9F3N2O3W. The fraction of sp³-hybridized carbons (Fsp3) is 0.308. The summed E-state index contributed by atoms with van der Waals surface area (Å²) in [5.41, 5.74) is -1.47. The van der Waals surface area contributed by atoms with E-state index in [-0.39, 0.29) is 39.5 Å². The smallest absolute Gasteiger partial charge is 0.684 e. The number of nitrogens with zero attached hydrogens (tertiary/aromatic N) is 1. The molecule has 1 aliphatic rings. The molecule has 1 atom stereocenters. The normalized spacial score (nSPS) is 18.2. The van der Waals surface area contributed by atoms with Gasteiger partial charge in [-0.1, -0.05) is 0 Å². The van der Waals surface area contributed by atoms with Crippen LogP contribution in [0, 0.1) is 6.07 Å². The Hall–Kier alpha value is -1.69. The molecule has 0 aliphatic carbocycles. The van der Waals surface area contributed by atoms with Gasteiger partial charge in [0.15, 0.2) is 0 Å². The van der Waals surface area contributed by atoms with Crippen molar-refractivity contribution in [2.75, 3.05) is 0 Å². The van der Waals surface area contributed by atoms with Crippen molar-refractivity contribution in [3.8, 4) is 0 Å². The third-order valence-electron chi connectivity index (χ3n) is 2.81. The number of halogens is 3. The number of alkyl halides is 3. The van der Waals surface area contributed by atoms with Crippen LogP contribution < -0.4 is 5.32 Å². The van der Waals surface area contributed by atoms with Crippen LogP contribution in [-0.2, 0) is 36.8 Å². The summed E-state index contributed by atoms with van der Waals surface area (Å²) in [5, 5.41) is 5.55. The van der Waals surface area contributed by atoms with Gasteiger partial charge in [-0.15, -0.1) is 29.8 Å². The molecule has 0 radical (unpaired) electrons. The maximum Gasteiger partial charge on any atom is 2.00 e. The Morgan fingerprint density at radius 2 is 2.00 bits per heavy atom. The quantitative estimate of drug-likeness (QED) is 0.517. The molecule has 3 amide bonds. The molecule has 0 bridgehead atoms. The third kappa shape index (κ3) is 4.40. The van der Waals surface area contributed by atoms with Crippen LogP contribution in [0.2, 0.25) is 0 Å². The minimum Gasteiger partial charge on any atom is -0.684 e. The van der Waals surface area contributed by atoms with E-state index >= 15 is 0 Å². The molecule has 1 fully saturated rings. The van der Waals surface area contributed by atoms with Crippen molar-refractivity contribution in [2.45, 2.75) is 25.1 Å². The SMILES string of the molecule is O=C1CCC([N-]C(=O)c2[c-]c(C(F)(F)F)ccc2)C(=O)N1.[W+2]. The number of nitrogens with one attached hydrogen (secondary N) is 1. The summed E-state index contributed by atoms with van der Waals surface area (Å²) >= 11 is 0. The number of imide groups is 1. The van der Waals surface area contributed by atoms with Crippen LogP contribution >= 0.6 is 0 Å². The summed E-state index contributed by atoms with van der Waals surface area (Å²) < 4.78 is 37.6. The molecule has 1 heterocycles. The zero-order valence-corrected chi connectivity index (χ0v) is 13.9. The maximum atomic E-state index is 12.5. The molecular weight excluding hydrogens is 473 g/mol. The molecule has 1 unspecified atom stereocenters. The number of hydrogen-bond acceptors (Lipinski definition) is 3. The van der Waals surface area contributed by atoms with E-state index in [2.05, 4.69) is 5.32 Å². The van der Waals surface area contributed by atoms with Crippen molar-refractivity contribution in [1.29, 1.82) is 0 Å². The first-order chi connectivity index (χ1) is 9.77. The van der Waals surface area contributed by atoms with E-state index in [1.807, 2.05) is 11.4 Å². The number of hydrogen-bond donors (Lipinski definition) is 1. The monoisotopic (exact) mass is 482 g/mol. The van der Waals surface area contributed by atoms with Gasteiger partial charge in [-0.25, -0.2) is 0 Å². The summed E-state index contributed by atoms with van der Waals surface area (Å²) in [6.07, 6.45) is -4.54. The molecule has 22 heavy (non-hydrogen) atoms. The van der Waals surface area contributed by atoms with Crippen LogP contribution in [0.25, 0.3) is 5.32 Å². The van der Waals surface area contributed by atoms with Gasteiger partial charge in [-0.2, -0.15) is 13.2 Å². The number of rotatable bonds is 2. The molecule has 1 aliphatic heterocycles. The summed E-state index contributed by atoms with van der Waals surface area (Å²) in [7, 11) is 0. The second-order valence-corrected chi connectivity index (χ2v) is 4.38. The third-order valence-corrected chi connectivity index (χ3v) is 2.81. The standard InChI is InChI=1S/C13H10F3N2O3.W/c14-13(15,16)8-3-1-2-7(6-8)11(20)17-9-4-5-10(19)18-12(9)21;/h1-3,9H,4-5H2,(H2,17,18,19,20,21);/q-1;+2/p-1. The molecule has 1 saturated heterocycles. The van der Waals surface area contributed by atoms with E-state index in [0.29, 0.717) is 0 Å². The van der Waals surface area contributed by atoms with Crippen molar-refractivity contribution in [1.82, 2.24) is 5.32 Å². The maximum absolute atomic E-state index is 12.5. The number of piperidine rings is 1. The van der Waals surface area contributed by atoms with Crippen molar-refractivity contribution in [2.24, 2.45) is 0 Å². The van der Waals surface area contributed by atoms with Gasteiger partial charge in [0.1, 0.15) is 0 Å². The van der Waals surface area contributed by atoms with Crippen LogP contribution in [0.5, 0.6) is 0 Å². The Bertz CT molecular complexity index is 604. The predicted molar refractivity (Wildman–Crippen MR) is 64.1 cm³/mol. The number of carbonyl (C=O) groups excluding carboxylic acids is 3. The number of benzene rings is 1. The van der Waals surface area contributed by atoms with Gasteiger partial charge in [0.25, 0.3) is 0 Å². The first-order valence-electron chi connectivity index (χ1n) is 5.96. The van der Waals surface area contributed by atoms with Crippen LogP contribution in [0.3, 0.4) is 0 Å². The Morgan fingerprint density at radius 3 is 2.59 bits per heavy atom. The largest absolute Gasteiger partial charge is 2.00 e. The molecule has 0 saturated carbocycles. The second-order valence-electron chi connectivity index (χ2n) is 4.38. The molecule has 1 aromatic rings. The fourth-order valence-electron chi connectivity index (χ4n) is 1.78. The molecule has 0 aromatic heterocycles. The van der Waals surface area contributed by atoms with Crippen molar-refractivity contribution in [3.05, 3.63) is 40.7 Å². The molecule has 1 N–H and O–H groups in total. The van der Waals surface area contributed by atoms with Crippen LogP contribution in [-0.4, -0.2) is 23.8 Å². The predicted octanol–water partition coefficient (Wildman–Crippen LogP) is 1.82. The van der Waals surface area contributed by atoms with Gasteiger partial charge in [0.05, 0.1) is 0 Å². The molecule has 2 rings (SSSR count). The van der Waals surface area contributed by atoms with Crippen LogP contribution in [0.1, 0.15) is 28.8 Å². The minimum atomic E-state index is -4.62. The van der Waals surface area contributed by atoms with Gasteiger partial charge in [0.2, 0.25) is 11.8 Å². The summed E-state index contributed by atoms with van der Waals surface area (Å²) in [6.45, 7) is 0. The van der Waals surface area contributed by atoms with Gasteiger partial charge in [0, 0.05) is 6.42 Å². The molecule has 5 nitrogen and oxygen atoms in total. The van der Waals surface area contributed by atoms with E-state index < -0.39 is 35.5 Å². The number of carbonyl (C=O) groups is 3. The van der Waals surface area contributed by atoms with Crippen molar-refractivity contribution >= 4 is 17.7 Å². The topological polar surface area (TPSA) is 77.3 Å². The van der Waals surface area contributed by atoms with Gasteiger partial charge >= 0.3 is 27.2 Å². The van der Waals surface area contributed by atoms with Crippen LogP contribution in [0.15, 0.2) is 18.2 Å². The summed E-state index contributed by atoms with van der Waals surface area (Å²) in [4.78, 5) is 34.2. The van der Waals surface area contributed by atoms with Crippen LogP contribution in [0.4, 0.5) is 13.2 Å². The first kappa shape index (κ1) is 18.4. The molecule has 116 valence electrons. The van der Waals surface area contributed by atoms with E-state index in [1.54, 1.807) is 0 Å². The Morgan fingerprint density at radius 1 is 1.32 bits per heavy atom. The fourth-order valence-corrected chi connectivity index (χ4v) is 1.78. The Kier molecular flexibility index (Phi) is 5.88.